The lowest BCUT2D eigenvalue weighted by Gasteiger charge is -2.32. The van der Waals surface area contributed by atoms with Gasteiger partial charge in [0.15, 0.2) is 0 Å². The molecule has 0 rings (SSSR count). The zero-order valence-electron chi connectivity index (χ0n) is 7.33. The van der Waals surface area contributed by atoms with Crippen molar-refractivity contribution in [2.75, 3.05) is 0 Å². The van der Waals surface area contributed by atoms with Crippen molar-refractivity contribution in [2.45, 2.75) is 32.7 Å². The lowest BCUT2D eigenvalue weighted by molar-refractivity contribution is 1.85. The molecule has 0 aliphatic heterocycles. The van der Waals surface area contributed by atoms with E-state index in [-0.39, 0.29) is 0 Å². The van der Waals surface area contributed by atoms with Crippen LogP contribution in [0.3, 0.4) is 0 Å². The molecule has 0 heterocycles. The van der Waals surface area contributed by atoms with Crippen LogP contribution in [0.2, 0.25) is 32.7 Å². The van der Waals surface area contributed by atoms with E-state index in [0.29, 0.717) is 0 Å². The Labute approximate surface area is 76.5 Å². The van der Waals surface area contributed by atoms with Gasteiger partial charge < -0.3 is 0 Å². The average molecular weight is 231 g/mol. The van der Waals surface area contributed by atoms with Crippen molar-refractivity contribution in [1.82, 2.24) is 0 Å². The molecular formula is C5H16Cl2Si3. The highest BCUT2D eigenvalue weighted by molar-refractivity contribution is 7.92. The highest BCUT2D eigenvalue weighted by Gasteiger charge is 2.46. The molecule has 5 heteroatoms. The SMILES string of the molecule is C[SiH](C)[Si](Cl)(Cl)[Si](C)(C)C. The summed E-state index contributed by atoms with van der Waals surface area (Å²) in [6, 6.07) is 0. The van der Waals surface area contributed by atoms with Crippen LogP contribution in [0, 0.1) is 0 Å². The zero-order chi connectivity index (χ0) is 8.58. The minimum absolute atomic E-state index is 0.773. The molecule has 10 heavy (non-hydrogen) atoms. The predicted molar refractivity (Wildman–Crippen MR) is 59.7 cm³/mol. The molecule has 0 unspecified atom stereocenters. The standard InChI is InChI=1S/C5H16Cl2Si3/c1-8(2)10(6,7)9(3,4)5/h8H,1-5H3. The molecule has 0 aromatic rings. The Morgan fingerprint density at radius 1 is 1.00 bits per heavy atom. The van der Waals surface area contributed by atoms with Crippen LogP contribution in [-0.4, -0.2) is 21.6 Å². The van der Waals surface area contributed by atoms with Gasteiger partial charge in [0, 0.05) is 0 Å². The summed E-state index contributed by atoms with van der Waals surface area (Å²) in [5, 5.41) is 0. The largest absolute Gasteiger partial charge is 0.223 e. The minimum Gasteiger partial charge on any atom is -0.154 e. The van der Waals surface area contributed by atoms with Gasteiger partial charge in [-0.3, -0.25) is 0 Å². The van der Waals surface area contributed by atoms with E-state index < -0.39 is 21.6 Å². The summed E-state index contributed by atoms with van der Waals surface area (Å²) >= 11 is 12.7. The van der Waals surface area contributed by atoms with E-state index in [1.54, 1.807) is 0 Å². The van der Waals surface area contributed by atoms with Crippen molar-refractivity contribution in [1.29, 1.82) is 0 Å². The van der Waals surface area contributed by atoms with Gasteiger partial charge in [-0.05, 0) is 0 Å². The summed E-state index contributed by atoms with van der Waals surface area (Å²) in [6.07, 6.45) is 0. The molecule has 0 N–H and O–H groups in total. The minimum atomic E-state index is -1.76. The second-order valence-corrected chi connectivity index (χ2v) is 35.0. The normalized spacial score (nSPS) is 14.4. The van der Waals surface area contributed by atoms with Gasteiger partial charge >= 0.3 is 0 Å². The van der Waals surface area contributed by atoms with Crippen LogP contribution in [0.4, 0.5) is 0 Å². The summed E-state index contributed by atoms with van der Waals surface area (Å²) < 4.78 is 0. The van der Waals surface area contributed by atoms with Crippen LogP contribution < -0.4 is 0 Å². The van der Waals surface area contributed by atoms with E-state index in [2.05, 4.69) is 32.7 Å². The number of hydrogen-bond donors (Lipinski definition) is 0. The van der Waals surface area contributed by atoms with Crippen LogP contribution in [0.25, 0.3) is 0 Å². The van der Waals surface area contributed by atoms with Gasteiger partial charge in [-0.25, -0.2) is 0 Å². The lowest BCUT2D eigenvalue weighted by Crippen LogP contribution is -2.57. The molecule has 0 aromatic heterocycles. The highest BCUT2D eigenvalue weighted by atomic mass is 35.7. The van der Waals surface area contributed by atoms with Crippen molar-refractivity contribution >= 4 is 43.8 Å². The Hall–Kier alpha value is 1.23. The predicted octanol–water partition coefficient (Wildman–Crippen LogP) is 2.89. The third kappa shape index (κ3) is 2.37. The maximum Gasteiger partial charge on any atom is 0.223 e. The van der Waals surface area contributed by atoms with Gasteiger partial charge in [-0.2, -0.15) is 22.2 Å². The molecule has 0 atom stereocenters. The highest BCUT2D eigenvalue weighted by Crippen LogP contribution is 2.29. The molecule has 0 nitrogen and oxygen atoms in total. The molecule has 0 fully saturated rings. The van der Waals surface area contributed by atoms with Gasteiger partial charge in [0.05, 0.1) is 15.9 Å². The van der Waals surface area contributed by atoms with Crippen molar-refractivity contribution in [3.05, 3.63) is 0 Å². The topological polar surface area (TPSA) is 0 Å². The smallest absolute Gasteiger partial charge is 0.154 e. The molecule has 0 saturated heterocycles. The summed E-state index contributed by atoms with van der Waals surface area (Å²) in [7, 11) is -1.99. The van der Waals surface area contributed by atoms with Crippen molar-refractivity contribution < 1.29 is 0 Å². The quantitative estimate of drug-likeness (QED) is 0.506. The number of hydrogen-bond acceptors (Lipinski definition) is 0. The van der Waals surface area contributed by atoms with Gasteiger partial charge in [0.2, 0.25) is 5.73 Å². The average Bonchev–Trinajstić information content (AvgIpc) is 1.62. The first-order valence-corrected chi connectivity index (χ1v) is 16.2. The van der Waals surface area contributed by atoms with Crippen LogP contribution in [-0.2, 0) is 0 Å². The fraction of sp³-hybridized carbons (Fsp3) is 1.00. The van der Waals surface area contributed by atoms with E-state index in [1.807, 2.05) is 0 Å². The van der Waals surface area contributed by atoms with Crippen molar-refractivity contribution in [3.63, 3.8) is 0 Å². The number of halogens is 2. The summed E-state index contributed by atoms with van der Waals surface area (Å²) in [4.78, 5) is 0. The molecule has 0 bridgehead atoms. The molecule has 0 amide bonds. The Bertz CT molecular complexity index is 117. The summed E-state index contributed by atoms with van der Waals surface area (Å²) in [5.41, 5.74) is -1.76. The van der Waals surface area contributed by atoms with Gasteiger partial charge in [-0.15, -0.1) is 0 Å². The molecule has 0 aromatic carbocycles. The third-order valence-corrected chi connectivity index (χ3v) is 46.6. The first-order chi connectivity index (χ1) is 4.19. The zero-order valence-corrected chi connectivity index (χ0v) is 12.0. The second-order valence-electron chi connectivity index (χ2n) is 4.03. The van der Waals surface area contributed by atoms with Gasteiger partial charge in [0.25, 0.3) is 0 Å². The van der Waals surface area contributed by atoms with Crippen molar-refractivity contribution in [2.24, 2.45) is 0 Å². The number of rotatable bonds is 2. The van der Waals surface area contributed by atoms with E-state index in [4.69, 9.17) is 22.2 Å². The Balaban J connectivity index is 4.40. The van der Waals surface area contributed by atoms with Crippen molar-refractivity contribution in [3.8, 4) is 0 Å². The van der Waals surface area contributed by atoms with Crippen LogP contribution in [0.15, 0.2) is 0 Å². The van der Waals surface area contributed by atoms with Crippen LogP contribution in [0.1, 0.15) is 0 Å². The lowest BCUT2D eigenvalue weighted by atomic mass is 11.8. The fourth-order valence-electron chi connectivity index (χ4n) is 0.866. The summed E-state index contributed by atoms with van der Waals surface area (Å²) in [6.45, 7) is 11.4. The third-order valence-electron chi connectivity index (χ3n) is 1.73. The van der Waals surface area contributed by atoms with Gasteiger partial charge in [-0.1, -0.05) is 32.7 Å². The molecule has 0 aliphatic rings. The van der Waals surface area contributed by atoms with E-state index >= 15 is 0 Å². The molecule has 0 aliphatic carbocycles. The molecule has 0 radical (unpaired) electrons. The molecule has 0 spiro atoms. The first kappa shape index (κ1) is 11.2. The molecular weight excluding hydrogens is 215 g/mol. The van der Waals surface area contributed by atoms with E-state index in [1.165, 1.54) is 0 Å². The maximum atomic E-state index is 6.37. The molecule has 62 valence electrons. The fourth-order valence-corrected chi connectivity index (χ4v) is 23.4. The Morgan fingerprint density at radius 2 is 1.30 bits per heavy atom. The summed E-state index contributed by atoms with van der Waals surface area (Å²) in [5.74, 6) is 0. The monoisotopic (exact) mass is 230 g/mol. The molecule has 0 saturated carbocycles. The van der Waals surface area contributed by atoms with E-state index in [0.717, 1.165) is 0 Å². The van der Waals surface area contributed by atoms with Gasteiger partial charge in [0.1, 0.15) is 0 Å². The Morgan fingerprint density at radius 3 is 1.30 bits per heavy atom. The van der Waals surface area contributed by atoms with Crippen LogP contribution in [0.5, 0.6) is 0 Å². The van der Waals surface area contributed by atoms with E-state index in [9.17, 15) is 0 Å². The second kappa shape index (κ2) is 3.31. The maximum absolute atomic E-state index is 6.37. The Kier molecular flexibility index (Phi) is 3.72. The van der Waals surface area contributed by atoms with Crippen LogP contribution >= 0.6 is 22.2 Å². The first-order valence-electron chi connectivity index (χ1n) is 3.57.